The molecule has 1 rings (SSSR count). The Bertz CT molecular complexity index is 350. The summed E-state index contributed by atoms with van der Waals surface area (Å²) in [5, 5.41) is 0. The molecule has 0 N–H and O–H groups in total. The van der Waals surface area contributed by atoms with Gasteiger partial charge in [-0.25, -0.2) is 4.99 Å². The van der Waals surface area contributed by atoms with E-state index in [2.05, 4.69) is 23.1 Å². The maximum atomic E-state index is 11.4. The van der Waals surface area contributed by atoms with Gasteiger partial charge in [-0.1, -0.05) is 19.2 Å². The van der Waals surface area contributed by atoms with Crippen LogP contribution in [0.5, 0.6) is 0 Å². The van der Waals surface area contributed by atoms with E-state index in [1.54, 1.807) is 17.2 Å². The fraction of sp³-hybridized carbons (Fsp3) is 0.385. The van der Waals surface area contributed by atoms with E-state index in [1.165, 1.54) is 6.08 Å². The summed E-state index contributed by atoms with van der Waals surface area (Å²) in [6.45, 7) is 12.1. The molecule has 17 heavy (non-hydrogen) atoms. The van der Waals surface area contributed by atoms with Crippen LogP contribution in [0.4, 0.5) is 0 Å². The van der Waals surface area contributed by atoms with Crippen LogP contribution in [0.2, 0.25) is 0 Å². The molecule has 1 fully saturated rings. The monoisotopic (exact) mass is 233 g/mol. The van der Waals surface area contributed by atoms with Gasteiger partial charge in [0.2, 0.25) is 5.91 Å². The first-order valence-electron chi connectivity index (χ1n) is 5.70. The Labute approximate surface area is 103 Å². The van der Waals surface area contributed by atoms with Crippen LogP contribution in [0, 0.1) is 0 Å². The standard InChI is InChI=1S/C13H19N3O/c1-4-7-14-12(5-2)15-8-10-16(11-9-15)13(17)6-3/h4-7H,2-3,8-11H2,1H3/b7-4-,14-12?. The Hall–Kier alpha value is -1.84. The van der Waals surface area contributed by atoms with Crippen molar-refractivity contribution in [2.24, 2.45) is 4.99 Å². The summed E-state index contributed by atoms with van der Waals surface area (Å²) in [6, 6.07) is 0. The molecule has 0 aromatic heterocycles. The molecule has 1 heterocycles. The van der Waals surface area contributed by atoms with E-state index in [9.17, 15) is 4.79 Å². The molecule has 4 nitrogen and oxygen atoms in total. The third-order valence-corrected chi connectivity index (χ3v) is 2.63. The molecular formula is C13H19N3O. The Balaban J connectivity index is 2.59. The molecular weight excluding hydrogens is 214 g/mol. The Morgan fingerprint density at radius 3 is 2.18 bits per heavy atom. The molecule has 0 saturated carbocycles. The van der Waals surface area contributed by atoms with Crippen molar-refractivity contribution in [1.82, 2.24) is 9.80 Å². The number of amidine groups is 1. The fourth-order valence-electron chi connectivity index (χ4n) is 1.70. The summed E-state index contributed by atoms with van der Waals surface area (Å²) in [7, 11) is 0. The number of amides is 1. The second-order valence-electron chi connectivity index (χ2n) is 3.69. The summed E-state index contributed by atoms with van der Waals surface area (Å²) < 4.78 is 0. The van der Waals surface area contributed by atoms with Crippen molar-refractivity contribution in [3.8, 4) is 0 Å². The van der Waals surface area contributed by atoms with Crippen LogP contribution < -0.4 is 0 Å². The van der Waals surface area contributed by atoms with Crippen LogP contribution in [0.15, 0.2) is 42.6 Å². The Kier molecular flexibility index (Phi) is 5.20. The van der Waals surface area contributed by atoms with Crippen molar-refractivity contribution < 1.29 is 4.79 Å². The minimum atomic E-state index is -0.00445. The van der Waals surface area contributed by atoms with Crippen LogP contribution in [0.25, 0.3) is 0 Å². The number of carbonyl (C=O) groups excluding carboxylic acids is 1. The van der Waals surface area contributed by atoms with Crippen LogP contribution >= 0.6 is 0 Å². The van der Waals surface area contributed by atoms with E-state index in [-0.39, 0.29) is 5.91 Å². The molecule has 0 bridgehead atoms. The van der Waals surface area contributed by atoms with E-state index in [0.29, 0.717) is 13.1 Å². The molecule has 0 atom stereocenters. The van der Waals surface area contributed by atoms with Crippen LogP contribution in [0.3, 0.4) is 0 Å². The third kappa shape index (κ3) is 3.59. The molecule has 92 valence electrons. The summed E-state index contributed by atoms with van der Waals surface area (Å²) >= 11 is 0. The molecule has 0 radical (unpaired) electrons. The van der Waals surface area contributed by atoms with E-state index < -0.39 is 0 Å². The number of rotatable bonds is 3. The van der Waals surface area contributed by atoms with E-state index in [4.69, 9.17) is 0 Å². The average molecular weight is 233 g/mol. The molecule has 1 aliphatic rings. The van der Waals surface area contributed by atoms with Crippen LogP contribution in [-0.4, -0.2) is 47.7 Å². The van der Waals surface area contributed by atoms with Crippen molar-refractivity contribution in [3.05, 3.63) is 37.6 Å². The number of piperazine rings is 1. The number of carbonyl (C=O) groups is 1. The predicted octanol–water partition coefficient (Wildman–Crippen LogP) is 1.43. The van der Waals surface area contributed by atoms with Gasteiger partial charge in [0.05, 0.1) is 0 Å². The van der Waals surface area contributed by atoms with Crippen molar-refractivity contribution in [1.29, 1.82) is 0 Å². The number of hydrogen-bond acceptors (Lipinski definition) is 2. The minimum Gasteiger partial charge on any atom is -0.353 e. The Morgan fingerprint density at radius 1 is 1.12 bits per heavy atom. The van der Waals surface area contributed by atoms with Crippen molar-refractivity contribution in [2.75, 3.05) is 26.2 Å². The first-order chi connectivity index (χ1) is 8.22. The molecule has 0 aromatic carbocycles. The molecule has 4 heteroatoms. The maximum absolute atomic E-state index is 11.4. The first kappa shape index (κ1) is 13.2. The van der Waals surface area contributed by atoms with Gasteiger partial charge in [0.1, 0.15) is 5.84 Å². The maximum Gasteiger partial charge on any atom is 0.246 e. The third-order valence-electron chi connectivity index (χ3n) is 2.63. The van der Waals surface area contributed by atoms with Gasteiger partial charge < -0.3 is 9.80 Å². The summed E-state index contributed by atoms with van der Waals surface area (Å²) in [5.41, 5.74) is 0. The summed E-state index contributed by atoms with van der Waals surface area (Å²) in [4.78, 5) is 19.6. The minimum absolute atomic E-state index is 0.00445. The topological polar surface area (TPSA) is 35.9 Å². The van der Waals surface area contributed by atoms with Gasteiger partial charge in [0, 0.05) is 32.4 Å². The largest absolute Gasteiger partial charge is 0.353 e. The lowest BCUT2D eigenvalue weighted by atomic mass is 10.3. The number of aliphatic imine (C=N–C) groups is 1. The highest BCUT2D eigenvalue weighted by Gasteiger charge is 2.20. The highest BCUT2D eigenvalue weighted by molar-refractivity contribution is 5.93. The Morgan fingerprint density at radius 2 is 1.71 bits per heavy atom. The quantitative estimate of drug-likeness (QED) is 0.420. The predicted molar refractivity (Wildman–Crippen MR) is 70.8 cm³/mol. The molecule has 1 saturated heterocycles. The second kappa shape index (κ2) is 6.68. The number of nitrogens with zero attached hydrogens (tertiary/aromatic N) is 3. The van der Waals surface area contributed by atoms with E-state index in [0.717, 1.165) is 18.9 Å². The van der Waals surface area contributed by atoms with Crippen molar-refractivity contribution >= 4 is 11.7 Å². The van der Waals surface area contributed by atoms with Gasteiger partial charge in [-0.05, 0) is 19.1 Å². The smallest absolute Gasteiger partial charge is 0.246 e. The molecule has 0 aliphatic carbocycles. The average Bonchev–Trinajstić information content (AvgIpc) is 2.39. The molecule has 0 unspecified atom stereocenters. The lowest BCUT2D eigenvalue weighted by Crippen LogP contribution is -2.49. The van der Waals surface area contributed by atoms with E-state index in [1.807, 2.05) is 13.0 Å². The van der Waals surface area contributed by atoms with Gasteiger partial charge >= 0.3 is 0 Å². The first-order valence-corrected chi connectivity index (χ1v) is 5.70. The summed E-state index contributed by atoms with van der Waals surface area (Å²) in [6.07, 6.45) is 6.72. The van der Waals surface area contributed by atoms with Crippen molar-refractivity contribution in [2.45, 2.75) is 6.92 Å². The lowest BCUT2D eigenvalue weighted by Gasteiger charge is -2.35. The van der Waals surface area contributed by atoms with Gasteiger partial charge in [-0.15, -0.1) is 0 Å². The summed E-state index contributed by atoms with van der Waals surface area (Å²) in [5.74, 6) is 0.851. The number of allylic oxidation sites excluding steroid dienone is 1. The van der Waals surface area contributed by atoms with Crippen molar-refractivity contribution in [3.63, 3.8) is 0 Å². The SMILES string of the molecule is C=CC(=O)N1CCN(C(C=C)=N/C=C\C)CC1. The zero-order valence-electron chi connectivity index (χ0n) is 10.3. The van der Waals surface area contributed by atoms with Gasteiger partial charge in [-0.2, -0.15) is 0 Å². The normalized spacial score (nSPS) is 17.4. The molecule has 1 amide bonds. The lowest BCUT2D eigenvalue weighted by molar-refractivity contribution is -0.127. The number of hydrogen-bond donors (Lipinski definition) is 0. The van der Waals surface area contributed by atoms with Gasteiger partial charge in [0.15, 0.2) is 0 Å². The van der Waals surface area contributed by atoms with Crippen LogP contribution in [0.1, 0.15) is 6.92 Å². The molecule has 1 aliphatic heterocycles. The highest BCUT2D eigenvalue weighted by Crippen LogP contribution is 2.04. The second-order valence-corrected chi connectivity index (χ2v) is 3.69. The highest BCUT2D eigenvalue weighted by atomic mass is 16.2. The molecule has 0 aromatic rings. The fourth-order valence-corrected chi connectivity index (χ4v) is 1.70. The van der Waals surface area contributed by atoms with E-state index >= 15 is 0 Å². The van der Waals surface area contributed by atoms with Crippen LogP contribution in [-0.2, 0) is 4.79 Å². The zero-order valence-corrected chi connectivity index (χ0v) is 10.3. The van der Waals surface area contributed by atoms with Gasteiger partial charge in [0.25, 0.3) is 0 Å². The van der Waals surface area contributed by atoms with Gasteiger partial charge in [-0.3, -0.25) is 4.79 Å². The zero-order chi connectivity index (χ0) is 12.7. The molecule has 0 spiro atoms.